The molecule has 0 fully saturated rings. The van der Waals surface area contributed by atoms with E-state index in [4.69, 9.17) is 9.26 Å². The first-order chi connectivity index (χ1) is 8.16. The molecule has 0 saturated heterocycles. The van der Waals surface area contributed by atoms with Crippen molar-refractivity contribution in [2.75, 3.05) is 19.0 Å². The lowest BCUT2D eigenvalue weighted by molar-refractivity contribution is -0.117. The van der Waals surface area contributed by atoms with E-state index >= 15 is 0 Å². The Bertz CT molecular complexity index is 421. The molecule has 1 aromatic heterocycles. The van der Waals surface area contributed by atoms with E-state index in [-0.39, 0.29) is 11.3 Å². The van der Waals surface area contributed by atoms with Crippen LogP contribution < -0.4 is 5.32 Å². The molecule has 0 aliphatic heterocycles. The molecule has 0 aliphatic carbocycles. The second-order valence-corrected chi connectivity index (χ2v) is 7.30. The average molecular weight is 319 g/mol. The second-order valence-electron chi connectivity index (χ2n) is 5.32. The van der Waals surface area contributed by atoms with E-state index in [9.17, 15) is 4.79 Å². The molecule has 0 saturated carbocycles. The van der Waals surface area contributed by atoms with Crippen molar-refractivity contribution < 1.29 is 14.1 Å². The normalized spacial score (nSPS) is 12.6. The van der Waals surface area contributed by atoms with Crippen LogP contribution in [-0.4, -0.2) is 29.1 Å². The van der Waals surface area contributed by atoms with Crippen LogP contribution in [0.3, 0.4) is 0 Å². The highest BCUT2D eigenvalue weighted by Crippen LogP contribution is 2.26. The third-order valence-electron chi connectivity index (χ3n) is 2.46. The SMILES string of the molecule is COCC(C)(C)c1cc(NC(=O)C(C)(C)Br)no1. The van der Waals surface area contributed by atoms with Gasteiger partial charge in [0.15, 0.2) is 5.82 Å². The zero-order chi connectivity index (χ0) is 14.0. The van der Waals surface area contributed by atoms with Gasteiger partial charge in [-0.2, -0.15) is 0 Å². The molecule has 1 aromatic rings. The van der Waals surface area contributed by atoms with Crippen molar-refractivity contribution in [3.63, 3.8) is 0 Å². The number of ether oxygens (including phenoxy) is 1. The summed E-state index contributed by atoms with van der Waals surface area (Å²) in [6.07, 6.45) is 0. The number of carbonyl (C=O) groups is 1. The quantitative estimate of drug-likeness (QED) is 0.848. The average Bonchev–Trinajstić information content (AvgIpc) is 2.65. The molecule has 0 aliphatic rings. The van der Waals surface area contributed by atoms with Gasteiger partial charge in [-0.1, -0.05) is 34.9 Å². The van der Waals surface area contributed by atoms with E-state index in [0.717, 1.165) is 0 Å². The largest absolute Gasteiger partial charge is 0.384 e. The van der Waals surface area contributed by atoms with E-state index in [2.05, 4.69) is 26.4 Å². The van der Waals surface area contributed by atoms with Crippen LogP contribution >= 0.6 is 15.9 Å². The number of hydrogen-bond acceptors (Lipinski definition) is 4. The van der Waals surface area contributed by atoms with E-state index in [1.807, 2.05) is 13.8 Å². The first kappa shape index (κ1) is 15.2. The lowest BCUT2D eigenvalue weighted by Crippen LogP contribution is -2.31. The minimum Gasteiger partial charge on any atom is -0.384 e. The Kier molecular flexibility index (Phi) is 4.55. The summed E-state index contributed by atoms with van der Waals surface area (Å²) in [4.78, 5) is 11.8. The van der Waals surface area contributed by atoms with Crippen molar-refractivity contribution in [2.45, 2.75) is 37.4 Å². The number of nitrogens with one attached hydrogen (secondary N) is 1. The molecule has 0 atom stereocenters. The Labute approximate surface area is 115 Å². The first-order valence-electron chi connectivity index (χ1n) is 5.63. The van der Waals surface area contributed by atoms with Gasteiger partial charge in [0.05, 0.1) is 10.9 Å². The fraction of sp³-hybridized carbons (Fsp3) is 0.667. The van der Waals surface area contributed by atoms with Crippen LogP contribution in [0.1, 0.15) is 33.5 Å². The van der Waals surface area contributed by atoms with E-state index in [1.54, 1.807) is 27.0 Å². The van der Waals surface area contributed by atoms with Gasteiger partial charge >= 0.3 is 0 Å². The molecule has 102 valence electrons. The molecule has 1 amide bonds. The van der Waals surface area contributed by atoms with Crippen LogP contribution in [0.2, 0.25) is 0 Å². The molecule has 0 bridgehead atoms. The number of carbonyl (C=O) groups excluding carboxylic acids is 1. The van der Waals surface area contributed by atoms with Gasteiger partial charge in [-0.3, -0.25) is 4.79 Å². The van der Waals surface area contributed by atoms with Crippen LogP contribution in [0.4, 0.5) is 5.82 Å². The number of alkyl halides is 1. The van der Waals surface area contributed by atoms with Crippen molar-refractivity contribution >= 4 is 27.7 Å². The summed E-state index contributed by atoms with van der Waals surface area (Å²) in [7, 11) is 1.63. The number of amides is 1. The van der Waals surface area contributed by atoms with Crippen molar-refractivity contribution in [3.05, 3.63) is 11.8 Å². The standard InChI is InChI=1S/C12H19BrN2O3/c1-11(2,7-17-5)8-6-9(15-18-8)14-10(16)12(3,4)13/h6H,7H2,1-5H3,(H,14,15,16). The number of hydrogen-bond donors (Lipinski definition) is 1. The number of halogens is 1. The smallest absolute Gasteiger partial charge is 0.241 e. The van der Waals surface area contributed by atoms with Crippen molar-refractivity contribution in [2.24, 2.45) is 0 Å². The molecule has 6 heteroatoms. The molecule has 1 rings (SSSR count). The van der Waals surface area contributed by atoms with Crippen molar-refractivity contribution in [1.29, 1.82) is 0 Å². The predicted molar refractivity (Wildman–Crippen MR) is 73.0 cm³/mol. The lowest BCUT2D eigenvalue weighted by Gasteiger charge is -2.19. The summed E-state index contributed by atoms with van der Waals surface area (Å²) >= 11 is 3.28. The minimum absolute atomic E-state index is 0.174. The Balaban J connectivity index is 2.79. The maximum absolute atomic E-state index is 11.8. The molecule has 0 radical (unpaired) electrons. The van der Waals surface area contributed by atoms with Crippen molar-refractivity contribution in [3.8, 4) is 0 Å². The van der Waals surface area contributed by atoms with Gasteiger partial charge in [-0.25, -0.2) is 0 Å². The summed E-state index contributed by atoms with van der Waals surface area (Å²) in [5.74, 6) is 0.908. The Morgan fingerprint density at radius 3 is 2.61 bits per heavy atom. The van der Waals surface area contributed by atoms with Crippen molar-refractivity contribution in [1.82, 2.24) is 5.16 Å². The second kappa shape index (κ2) is 5.40. The summed E-state index contributed by atoms with van der Waals surface area (Å²) < 4.78 is 9.71. The summed E-state index contributed by atoms with van der Waals surface area (Å²) in [6.45, 7) is 8.00. The number of aromatic nitrogens is 1. The maximum Gasteiger partial charge on any atom is 0.241 e. The molecule has 0 unspecified atom stereocenters. The minimum atomic E-state index is -0.645. The van der Waals surface area contributed by atoms with Gasteiger partial charge in [0.1, 0.15) is 5.76 Å². The third kappa shape index (κ3) is 3.81. The zero-order valence-electron chi connectivity index (χ0n) is 11.3. The summed E-state index contributed by atoms with van der Waals surface area (Å²) in [6, 6.07) is 1.72. The highest BCUT2D eigenvalue weighted by atomic mass is 79.9. The van der Waals surface area contributed by atoms with Gasteiger partial charge in [-0.05, 0) is 13.8 Å². The lowest BCUT2D eigenvalue weighted by atomic mass is 9.91. The fourth-order valence-corrected chi connectivity index (χ4v) is 1.45. The van der Waals surface area contributed by atoms with Crippen LogP contribution in [-0.2, 0) is 14.9 Å². The molecule has 18 heavy (non-hydrogen) atoms. The molecule has 0 aromatic carbocycles. The third-order valence-corrected chi connectivity index (χ3v) is 2.82. The van der Waals surface area contributed by atoms with Crippen LogP contribution in [0.25, 0.3) is 0 Å². The molecular weight excluding hydrogens is 300 g/mol. The van der Waals surface area contributed by atoms with Gasteiger partial charge in [0.25, 0.3) is 0 Å². The number of rotatable bonds is 5. The predicted octanol–water partition coefficient (Wildman–Crippen LogP) is 2.71. The monoisotopic (exact) mass is 318 g/mol. The summed E-state index contributed by atoms with van der Waals surface area (Å²) in [5, 5.41) is 6.52. The molecular formula is C12H19BrN2O3. The Morgan fingerprint density at radius 1 is 1.50 bits per heavy atom. The van der Waals surface area contributed by atoms with Crippen LogP contribution in [0.5, 0.6) is 0 Å². The molecule has 1 heterocycles. The number of anilines is 1. The Morgan fingerprint density at radius 2 is 2.11 bits per heavy atom. The van der Waals surface area contributed by atoms with E-state index < -0.39 is 4.32 Å². The fourth-order valence-electron chi connectivity index (χ4n) is 1.35. The summed E-state index contributed by atoms with van der Waals surface area (Å²) in [5.41, 5.74) is -0.283. The van der Waals surface area contributed by atoms with Gasteiger partial charge in [-0.15, -0.1) is 0 Å². The molecule has 1 N–H and O–H groups in total. The number of methoxy groups -OCH3 is 1. The highest BCUT2D eigenvalue weighted by molar-refractivity contribution is 9.10. The van der Waals surface area contributed by atoms with Gasteiger partial charge in [0.2, 0.25) is 5.91 Å². The molecule has 0 spiro atoms. The van der Waals surface area contributed by atoms with E-state index in [0.29, 0.717) is 18.2 Å². The van der Waals surface area contributed by atoms with Gasteiger partial charge in [0, 0.05) is 18.6 Å². The maximum atomic E-state index is 11.8. The Hall–Kier alpha value is -0.880. The van der Waals surface area contributed by atoms with E-state index in [1.165, 1.54) is 0 Å². The molecule has 5 nitrogen and oxygen atoms in total. The first-order valence-corrected chi connectivity index (χ1v) is 6.42. The zero-order valence-corrected chi connectivity index (χ0v) is 12.9. The van der Waals surface area contributed by atoms with Crippen LogP contribution in [0.15, 0.2) is 10.6 Å². The number of nitrogens with zero attached hydrogens (tertiary/aromatic N) is 1. The van der Waals surface area contributed by atoms with Gasteiger partial charge < -0.3 is 14.6 Å². The topological polar surface area (TPSA) is 64.4 Å². The highest BCUT2D eigenvalue weighted by Gasteiger charge is 2.28. The van der Waals surface area contributed by atoms with Crippen LogP contribution in [0, 0.1) is 0 Å².